The van der Waals surface area contributed by atoms with E-state index in [2.05, 4.69) is 20.6 Å². The van der Waals surface area contributed by atoms with E-state index in [0.29, 0.717) is 18.1 Å². The number of aromatic nitrogens is 3. The third kappa shape index (κ3) is 3.92. The maximum Gasteiger partial charge on any atom is 0.287 e. The molecule has 0 saturated carbocycles. The van der Waals surface area contributed by atoms with Crippen molar-refractivity contribution in [3.05, 3.63) is 47.3 Å². The summed E-state index contributed by atoms with van der Waals surface area (Å²) in [5, 5.41) is 5.83. The molecule has 0 radical (unpaired) electrons. The zero-order valence-electron chi connectivity index (χ0n) is 15.3. The highest BCUT2D eigenvalue weighted by atomic mass is 16.2. The summed E-state index contributed by atoms with van der Waals surface area (Å²) in [7, 11) is 0. The molecule has 0 bridgehead atoms. The van der Waals surface area contributed by atoms with E-state index in [4.69, 9.17) is 0 Å². The van der Waals surface area contributed by atoms with Gasteiger partial charge in [0.05, 0.1) is 5.69 Å². The molecule has 0 spiro atoms. The van der Waals surface area contributed by atoms with Crippen molar-refractivity contribution >= 4 is 11.8 Å². The number of carbonyl (C=O) groups excluding carboxylic acids is 2. The summed E-state index contributed by atoms with van der Waals surface area (Å²) >= 11 is 0. The second-order valence-electron chi connectivity index (χ2n) is 6.67. The van der Waals surface area contributed by atoms with Crippen molar-refractivity contribution in [2.45, 2.75) is 58.7 Å². The van der Waals surface area contributed by atoms with Gasteiger partial charge in [0.15, 0.2) is 5.82 Å². The standard InChI is InChI=1S/C19H25N5O2/c1-3-13(2)22-19(26)17-23-16(15-8-4-5-10-24(15)17)18(25)21-12-14-7-6-9-20-11-14/h6-7,9,11,13H,3-5,8,10,12H2,1-2H3,(H,21,25)(H,22,26). The van der Waals surface area contributed by atoms with Crippen molar-refractivity contribution in [1.82, 2.24) is 25.2 Å². The number of nitrogens with zero attached hydrogens (tertiary/aromatic N) is 3. The molecule has 7 heteroatoms. The average Bonchev–Trinajstić information content (AvgIpc) is 3.06. The molecular formula is C19H25N5O2. The molecule has 1 aliphatic rings. The van der Waals surface area contributed by atoms with E-state index in [1.165, 1.54) is 0 Å². The molecule has 2 N–H and O–H groups in total. The van der Waals surface area contributed by atoms with Gasteiger partial charge < -0.3 is 15.2 Å². The van der Waals surface area contributed by atoms with Crippen LogP contribution in [0.25, 0.3) is 0 Å². The van der Waals surface area contributed by atoms with Crippen LogP contribution in [-0.2, 0) is 19.5 Å². The Morgan fingerprint density at radius 2 is 2.15 bits per heavy atom. The van der Waals surface area contributed by atoms with Crippen LogP contribution in [0.2, 0.25) is 0 Å². The maximum atomic E-state index is 12.7. The van der Waals surface area contributed by atoms with Gasteiger partial charge in [-0.2, -0.15) is 0 Å². The second kappa shape index (κ2) is 8.12. The highest BCUT2D eigenvalue weighted by Gasteiger charge is 2.27. The number of carbonyl (C=O) groups is 2. The van der Waals surface area contributed by atoms with Gasteiger partial charge >= 0.3 is 0 Å². The number of pyridine rings is 1. The van der Waals surface area contributed by atoms with Crippen molar-refractivity contribution in [3.8, 4) is 0 Å². The Balaban J connectivity index is 1.80. The first kappa shape index (κ1) is 18.1. The Hall–Kier alpha value is -2.70. The Labute approximate surface area is 153 Å². The molecule has 2 amide bonds. The van der Waals surface area contributed by atoms with Crippen LogP contribution in [0.15, 0.2) is 24.5 Å². The number of hydrogen-bond acceptors (Lipinski definition) is 4. The maximum absolute atomic E-state index is 12.7. The van der Waals surface area contributed by atoms with Crippen molar-refractivity contribution < 1.29 is 9.59 Å². The lowest BCUT2D eigenvalue weighted by atomic mass is 10.1. The van der Waals surface area contributed by atoms with E-state index >= 15 is 0 Å². The summed E-state index contributed by atoms with van der Waals surface area (Å²) in [6.45, 7) is 5.08. The van der Waals surface area contributed by atoms with Gasteiger partial charge in [-0.25, -0.2) is 4.98 Å². The highest BCUT2D eigenvalue weighted by molar-refractivity contribution is 5.97. The Kier molecular flexibility index (Phi) is 5.65. The fraction of sp³-hybridized carbons (Fsp3) is 0.474. The number of fused-ring (bicyclic) bond motifs is 1. The molecule has 0 aromatic carbocycles. The van der Waals surface area contributed by atoms with E-state index in [1.807, 2.05) is 30.5 Å². The third-order valence-electron chi connectivity index (χ3n) is 4.70. The van der Waals surface area contributed by atoms with Crippen LogP contribution in [0.1, 0.15) is 65.5 Å². The first-order chi connectivity index (χ1) is 12.6. The largest absolute Gasteiger partial charge is 0.347 e. The molecule has 1 atom stereocenters. The number of nitrogens with one attached hydrogen (secondary N) is 2. The van der Waals surface area contributed by atoms with Crippen molar-refractivity contribution in [2.75, 3.05) is 0 Å². The summed E-state index contributed by atoms with van der Waals surface area (Å²) in [5.41, 5.74) is 2.14. The van der Waals surface area contributed by atoms with E-state index in [1.54, 1.807) is 12.4 Å². The van der Waals surface area contributed by atoms with Gasteiger partial charge in [0.1, 0.15) is 5.69 Å². The van der Waals surface area contributed by atoms with Gasteiger partial charge in [-0.05, 0) is 44.2 Å². The Bertz CT molecular complexity index is 785. The van der Waals surface area contributed by atoms with Crippen LogP contribution in [0.5, 0.6) is 0 Å². The predicted molar refractivity (Wildman–Crippen MR) is 97.8 cm³/mol. The lowest BCUT2D eigenvalue weighted by molar-refractivity contribution is 0.0923. The van der Waals surface area contributed by atoms with Crippen molar-refractivity contribution in [1.29, 1.82) is 0 Å². The summed E-state index contributed by atoms with van der Waals surface area (Å²) in [6.07, 6.45) is 7.01. The third-order valence-corrected chi connectivity index (χ3v) is 4.70. The molecule has 7 nitrogen and oxygen atoms in total. The molecule has 0 aliphatic carbocycles. The van der Waals surface area contributed by atoms with Crippen molar-refractivity contribution in [2.24, 2.45) is 0 Å². The summed E-state index contributed by atoms with van der Waals surface area (Å²) in [4.78, 5) is 33.7. The minimum atomic E-state index is -0.248. The molecule has 1 unspecified atom stereocenters. The van der Waals surface area contributed by atoms with Crippen LogP contribution >= 0.6 is 0 Å². The fourth-order valence-corrected chi connectivity index (χ4v) is 3.06. The Morgan fingerprint density at radius 3 is 2.88 bits per heavy atom. The summed E-state index contributed by atoms with van der Waals surface area (Å²) < 4.78 is 1.90. The molecule has 3 heterocycles. The smallest absolute Gasteiger partial charge is 0.287 e. The minimum absolute atomic E-state index is 0.0712. The lowest BCUT2D eigenvalue weighted by Gasteiger charge is -2.18. The minimum Gasteiger partial charge on any atom is -0.347 e. The van der Waals surface area contributed by atoms with Gasteiger partial charge in [0.25, 0.3) is 11.8 Å². The van der Waals surface area contributed by atoms with Gasteiger partial charge in [-0.1, -0.05) is 13.0 Å². The SMILES string of the molecule is CCC(C)NC(=O)c1nc(C(=O)NCc2cccnc2)c2n1CCCC2. The second-order valence-corrected chi connectivity index (χ2v) is 6.67. The number of amides is 2. The monoisotopic (exact) mass is 355 g/mol. The van der Waals surface area contributed by atoms with Crippen LogP contribution in [0.4, 0.5) is 0 Å². The zero-order valence-corrected chi connectivity index (χ0v) is 15.3. The summed E-state index contributed by atoms with van der Waals surface area (Å²) in [5.74, 6) is -0.123. The predicted octanol–water partition coefficient (Wildman–Crippen LogP) is 2.07. The molecule has 3 rings (SSSR count). The van der Waals surface area contributed by atoms with E-state index < -0.39 is 0 Å². The zero-order chi connectivity index (χ0) is 18.5. The average molecular weight is 355 g/mol. The molecule has 1 aliphatic heterocycles. The van der Waals surface area contributed by atoms with Crippen molar-refractivity contribution in [3.63, 3.8) is 0 Å². The number of hydrogen-bond donors (Lipinski definition) is 2. The number of rotatable bonds is 6. The molecule has 2 aromatic heterocycles. The van der Waals surface area contributed by atoms with E-state index in [-0.39, 0.29) is 17.9 Å². The van der Waals surface area contributed by atoms with Crippen LogP contribution in [0, 0.1) is 0 Å². The first-order valence-corrected chi connectivity index (χ1v) is 9.17. The quantitative estimate of drug-likeness (QED) is 0.830. The summed E-state index contributed by atoms with van der Waals surface area (Å²) in [6, 6.07) is 3.81. The normalized spacial score (nSPS) is 14.4. The van der Waals surface area contributed by atoms with Crippen LogP contribution in [0.3, 0.4) is 0 Å². The van der Waals surface area contributed by atoms with Gasteiger partial charge in [-0.3, -0.25) is 14.6 Å². The van der Waals surface area contributed by atoms with Crippen LogP contribution in [-0.4, -0.2) is 32.4 Å². The molecular weight excluding hydrogens is 330 g/mol. The van der Waals surface area contributed by atoms with E-state index in [9.17, 15) is 9.59 Å². The Morgan fingerprint density at radius 1 is 1.31 bits per heavy atom. The molecule has 0 saturated heterocycles. The highest BCUT2D eigenvalue weighted by Crippen LogP contribution is 2.21. The van der Waals surface area contributed by atoms with Gasteiger partial charge in [-0.15, -0.1) is 0 Å². The fourth-order valence-electron chi connectivity index (χ4n) is 3.06. The van der Waals surface area contributed by atoms with Gasteiger partial charge in [0.2, 0.25) is 0 Å². The topological polar surface area (TPSA) is 88.9 Å². The molecule has 2 aromatic rings. The van der Waals surface area contributed by atoms with E-state index in [0.717, 1.165) is 43.5 Å². The first-order valence-electron chi connectivity index (χ1n) is 9.17. The molecule has 0 fully saturated rings. The number of imidazole rings is 1. The molecule has 138 valence electrons. The lowest BCUT2D eigenvalue weighted by Crippen LogP contribution is -2.34. The molecule has 26 heavy (non-hydrogen) atoms. The van der Waals surface area contributed by atoms with Crippen LogP contribution < -0.4 is 10.6 Å². The van der Waals surface area contributed by atoms with Gasteiger partial charge in [0, 0.05) is 31.5 Å².